The molecule has 1 unspecified atom stereocenters. The molecule has 0 aliphatic carbocycles. The smallest absolute Gasteiger partial charge is 0.0897 e. The van der Waals surface area contributed by atoms with E-state index in [1.165, 1.54) is 11.1 Å². The maximum absolute atomic E-state index is 9.72. The van der Waals surface area contributed by atoms with Gasteiger partial charge >= 0.3 is 0 Å². The lowest BCUT2D eigenvalue weighted by Crippen LogP contribution is -2.33. The molecule has 3 heteroatoms. The summed E-state index contributed by atoms with van der Waals surface area (Å²) < 4.78 is 4.94. The van der Waals surface area contributed by atoms with Crippen LogP contribution in [0.3, 0.4) is 0 Å². The predicted molar refractivity (Wildman–Crippen MR) is 85.5 cm³/mol. The lowest BCUT2D eigenvalue weighted by atomic mass is 9.91. The summed E-state index contributed by atoms with van der Waals surface area (Å²) in [6.07, 6.45) is -0.470. The molecule has 1 atom stereocenters. The van der Waals surface area contributed by atoms with Crippen LogP contribution in [-0.2, 0) is 4.74 Å². The first-order valence-corrected chi connectivity index (χ1v) is 7.29. The number of benzene rings is 2. The lowest BCUT2D eigenvalue weighted by molar-refractivity contribution is 0.0646. The molecule has 0 amide bonds. The molecule has 2 aromatic carbocycles. The fourth-order valence-electron chi connectivity index (χ4n) is 2.44. The minimum Gasteiger partial charge on any atom is -0.389 e. The summed E-state index contributed by atoms with van der Waals surface area (Å²) in [5.41, 5.74) is 2.55. The maximum Gasteiger partial charge on any atom is 0.0897 e. The van der Waals surface area contributed by atoms with E-state index in [0.717, 1.165) is 6.54 Å². The number of methoxy groups -OCH3 is 1. The zero-order chi connectivity index (χ0) is 14.9. The fraction of sp³-hybridized carbons (Fsp3) is 0.333. The molecular weight excluding hydrogens is 262 g/mol. The molecular formula is C18H23NO2. The first-order chi connectivity index (χ1) is 10.3. The van der Waals surface area contributed by atoms with Gasteiger partial charge in [0.1, 0.15) is 0 Å². The van der Waals surface area contributed by atoms with Gasteiger partial charge < -0.3 is 15.2 Å². The van der Waals surface area contributed by atoms with Crippen molar-refractivity contribution >= 4 is 0 Å². The van der Waals surface area contributed by atoms with E-state index in [1.807, 2.05) is 12.1 Å². The Labute approximate surface area is 126 Å². The largest absolute Gasteiger partial charge is 0.389 e. The number of aliphatic hydroxyl groups excluding tert-OH is 1. The molecule has 3 nitrogen and oxygen atoms in total. The SMILES string of the molecule is COCC(O)CNCC(c1ccccc1)c1ccccc1. The standard InChI is InChI=1S/C18H23NO2/c1-21-14-17(20)12-19-13-18(15-8-4-2-5-9-15)16-10-6-3-7-11-16/h2-11,17-20H,12-14H2,1H3. The fourth-order valence-corrected chi connectivity index (χ4v) is 2.44. The van der Waals surface area contributed by atoms with Crippen molar-refractivity contribution in [3.63, 3.8) is 0 Å². The molecule has 0 heterocycles. The molecule has 0 fully saturated rings. The molecule has 0 saturated carbocycles. The van der Waals surface area contributed by atoms with E-state index in [0.29, 0.717) is 13.2 Å². The van der Waals surface area contributed by atoms with Gasteiger partial charge in [-0.25, -0.2) is 0 Å². The summed E-state index contributed by atoms with van der Waals surface area (Å²) in [7, 11) is 1.60. The van der Waals surface area contributed by atoms with Gasteiger partial charge in [0.2, 0.25) is 0 Å². The quantitative estimate of drug-likeness (QED) is 0.782. The van der Waals surface area contributed by atoms with Gasteiger partial charge in [0.15, 0.2) is 0 Å². The summed E-state index contributed by atoms with van der Waals surface area (Å²) >= 11 is 0. The van der Waals surface area contributed by atoms with Crippen molar-refractivity contribution in [3.05, 3.63) is 71.8 Å². The zero-order valence-corrected chi connectivity index (χ0v) is 12.4. The normalized spacial score (nSPS) is 12.5. The van der Waals surface area contributed by atoms with Crippen molar-refractivity contribution in [2.75, 3.05) is 26.8 Å². The molecule has 2 aromatic rings. The van der Waals surface area contributed by atoms with Crippen molar-refractivity contribution in [2.24, 2.45) is 0 Å². The van der Waals surface area contributed by atoms with Gasteiger partial charge in [0, 0.05) is 26.1 Å². The van der Waals surface area contributed by atoms with E-state index < -0.39 is 6.10 Å². The Morgan fingerprint density at radius 3 is 1.90 bits per heavy atom. The lowest BCUT2D eigenvalue weighted by Gasteiger charge is -2.20. The molecule has 112 valence electrons. The molecule has 0 aliphatic heterocycles. The van der Waals surface area contributed by atoms with Crippen LogP contribution in [0.2, 0.25) is 0 Å². The summed E-state index contributed by atoms with van der Waals surface area (Å²) in [5, 5.41) is 13.1. The number of hydrogen-bond acceptors (Lipinski definition) is 3. The monoisotopic (exact) mass is 285 g/mol. The predicted octanol–water partition coefficient (Wildman–Crippen LogP) is 2.42. The van der Waals surface area contributed by atoms with Crippen LogP contribution in [0.1, 0.15) is 17.0 Å². The van der Waals surface area contributed by atoms with Crippen LogP contribution >= 0.6 is 0 Å². The van der Waals surface area contributed by atoms with E-state index in [1.54, 1.807) is 7.11 Å². The summed E-state index contributed by atoms with van der Waals surface area (Å²) in [5.74, 6) is 0.280. The molecule has 0 aliphatic rings. The third kappa shape index (κ3) is 4.97. The number of hydrogen-bond donors (Lipinski definition) is 2. The Morgan fingerprint density at radius 1 is 0.905 bits per heavy atom. The Morgan fingerprint density at radius 2 is 1.43 bits per heavy atom. The van der Waals surface area contributed by atoms with E-state index in [2.05, 4.69) is 53.8 Å². The van der Waals surface area contributed by atoms with Crippen molar-refractivity contribution in [1.82, 2.24) is 5.32 Å². The average molecular weight is 285 g/mol. The van der Waals surface area contributed by atoms with Gasteiger partial charge in [-0.3, -0.25) is 0 Å². The highest BCUT2D eigenvalue weighted by Gasteiger charge is 2.14. The number of nitrogens with one attached hydrogen (secondary N) is 1. The molecule has 21 heavy (non-hydrogen) atoms. The van der Waals surface area contributed by atoms with Crippen LogP contribution in [0.15, 0.2) is 60.7 Å². The molecule has 0 saturated heterocycles. The van der Waals surface area contributed by atoms with E-state index in [4.69, 9.17) is 4.74 Å². The highest BCUT2D eigenvalue weighted by Crippen LogP contribution is 2.23. The van der Waals surface area contributed by atoms with Crippen LogP contribution in [0.4, 0.5) is 0 Å². The topological polar surface area (TPSA) is 41.5 Å². The Hall–Kier alpha value is -1.68. The third-order valence-corrected chi connectivity index (χ3v) is 3.49. The van der Waals surface area contributed by atoms with Crippen LogP contribution in [-0.4, -0.2) is 38.0 Å². The molecule has 2 rings (SSSR count). The summed E-state index contributed by atoms with van der Waals surface area (Å²) in [6.45, 7) is 1.67. The highest BCUT2D eigenvalue weighted by molar-refractivity contribution is 5.32. The number of ether oxygens (including phenoxy) is 1. The van der Waals surface area contributed by atoms with Crippen LogP contribution in [0.25, 0.3) is 0 Å². The minimum atomic E-state index is -0.470. The van der Waals surface area contributed by atoms with Gasteiger partial charge in [-0.05, 0) is 11.1 Å². The zero-order valence-electron chi connectivity index (χ0n) is 12.4. The average Bonchev–Trinajstić information content (AvgIpc) is 2.53. The number of rotatable bonds is 8. The maximum atomic E-state index is 9.72. The van der Waals surface area contributed by atoms with Crippen molar-refractivity contribution in [2.45, 2.75) is 12.0 Å². The molecule has 0 spiro atoms. The Balaban J connectivity index is 2.04. The van der Waals surface area contributed by atoms with Crippen molar-refractivity contribution < 1.29 is 9.84 Å². The number of aliphatic hydroxyl groups is 1. The van der Waals surface area contributed by atoms with Gasteiger partial charge in [0.25, 0.3) is 0 Å². The summed E-state index contributed by atoms with van der Waals surface area (Å²) in [6, 6.07) is 20.9. The second-order valence-electron chi connectivity index (χ2n) is 5.14. The molecule has 0 aromatic heterocycles. The first-order valence-electron chi connectivity index (χ1n) is 7.29. The van der Waals surface area contributed by atoms with E-state index in [-0.39, 0.29) is 5.92 Å². The second-order valence-corrected chi connectivity index (χ2v) is 5.14. The van der Waals surface area contributed by atoms with E-state index >= 15 is 0 Å². The Bertz CT molecular complexity index is 462. The Kier molecular flexibility index (Phi) is 6.41. The van der Waals surface area contributed by atoms with E-state index in [9.17, 15) is 5.11 Å². The van der Waals surface area contributed by atoms with Gasteiger partial charge in [-0.15, -0.1) is 0 Å². The second kappa shape index (κ2) is 8.57. The molecule has 0 radical (unpaired) electrons. The third-order valence-electron chi connectivity index (χ3n) is 3.49. The summed E-state index contributed by atoms with van der Waals surface area (Å²) in [4.78, 5) is 0. The van der Waals surface area contributed by atoms with Crippen LogP contribution in [0, 0.1) is 0 Å². The van der Waals surface area contributed by atoms with Gasteiger partial charge in [-0.2, -0.15) is 0 Å². The first kappa shape index (κ1) is 15.7. The van der Waals surface area contributed by atoms with Gasteiger partial charge in [-0.1, -0.05) is 60.7 Å². The van der Waals surface area contributed by atoms with Crippen LogP contribution in [0.5, 0.6) is 0 Å². The highest BCUT2D eigenvalue weighted by atomic mass is 16.5. The van der Waals surface area contributed by atoms with Crippen molar-refractivity contribution in [3.8, 4) is 0 Å². The van der Waals surface area contributed by atoms with Crippen LogP contribution < -0.4 is 5.32 Å². The van der Waals surface area contributed by atoms with Crippen molar-refractivity contribution in [1.29, 1.82) is 0 Å². The molecule has 2 N–H and O–H groups in total. The van der Waals surface area contributed by atoms with Gasteiger partial charge in [0.05, 0.1) is 12.7 Å². The molecule has 0 bridgehead atoms. The minimum absolute atomic E-state index is 0.280.